The molecule has 2 aliphatic carbocycles. The van der Waals surface area contributed by atoms with Crippen LogP contribution in [-0.4, -0.2) is 19.5 Å². The smallest absolute Gasteiger partial charge is 0.164 e. The van der Waals surface area contributed by atoms with E-state index >= 15 is 0 Å². The van der Waals surface area contributed by atoms with Crippen molar-refractivity contribution in [1.29, 1.82) is 5.26 Å². The minimum atomic E-state index is -0.462. The summed E-state index contributed by atoms with van der Waals surface area (Å²) < 4.78 is 2.27. The molecule has 60 heavy (non-hydrogen) atoms. The minimum absolute atomic E-state index is 0.462. The molecule has 8 aromatic carbocycles. The van der Waals surface area contributed by atoms with Gasteiger partial charge in [0.25, 0.3) is 0 Å². The van der Waals surface area contributed by atoms with Gasteiger partial charge in [-0.3, -0.25) is 0 Å². The van der Waals surface area contributed by atoms with Gasteiger partial charge in [-0.25, -0.2) is 15.0 Å². The van der Waals surface area contributed by atoms with Crippen LogP contribution < -0.4 is 0 Å². The fourth-order valence-electron chi connectivity index (χ4n) is 10.0. The van der Waals surface area contributed by atoms with Crippen LogP contribution in [0.4, 0.5) is 0 Å². The van der Waals surface area contributed by atoms with Crippen LogP contribution in [0.25, 0.3) is 83.9 Å². The van der Waals surface area contributed by atoms with Gasteiger partial charge in [0.05, 0.1) is 27.7 Å². The Hall–Kier alpha value is -7.94. The summed E-state index contributed by atoms with van der Waals surface area (Å²) in [5, 5.41) is 13.2. The summed E-state index contributed by atoms with van der Waals surface area (Å²) in [6.45, 7) is 4.36. The van der Waals surface area contributed by atoms with Gasteiger partial charge in [-0.1, -0.05) is 151 Å². The maximum atomic E-state index is 10.9. The van der Waals surface area contributed by atoms with E-state index in [0.29, 0.717) is 23.0 Å². The quantitative estimate of drug-likeness (QED) is 0.179. The Morgan fingerprint density at radius 3 is 1.65 bits per heavy atom. The third kappa shape index (κ3) is 4.76. The van der Waals surface area contributed by atoms with Crippen LogP contribution in [0.5, 0.6) is 0 Å². The fraction of sp³-hybridized carbons (Fsp3) is 0.0545. The highest BCUT2D eigenvalue weighted by atomic mass is 15.0. The van der Waals surface area contributed by atoms with Gasteiger partial charge in [-0.15, -0.1) is 0 Å². The number of nitrogens with zero attached hydrogens (tertiary/aromatic N) is 5. The zero-order valence-corrected chi connectivity index (χ0v) is 33.0. The summed E-state index contributed by atoms with van der Waals surface area (Å²) in [6.07, 6.45) is 0. The summed E-state index contributed by atoms with van der Waals surface area (Å²) in [5.74, 6) is 1.67. The summed E-state index contributed by atoms with van der Waals surface area (Å²) in [6, 6.07) is 64.8. The number of aryl methyl sites for hydroxylation is 2. The summed E-state index contributed by atoms with van der Waals surface area (Å²) in [7, 11) is 0. The number of nitriles is 1. The van der Waals surface area contributed by atoms with Gasteiger partial charge in [0, 0.05) is 27.5 Å². The molecule has 2 aromatic heterocycles. The highest BCUT2D eigenvalue weighted by molar-refractivity contribution is 6.12. The molecule has 0 radical (unpaired) electrons. The van der Waals surface area contributed by atoms with Crippen molar-refractivity contribution in [1.82, 2.24) is 19.5 Å². The third-order valence-corrected chi connectivity index (χ3v) is 12.6. The van der Waals surface area contributed by atoms with Gasteiger partial charge < -0.3 is 4.57 Å². The number of aromatic nitrogens is 4. The fourth-order valence-corrected chi connectivity index (χ4v) is 10.0. The highest BCUT2D eigenvalue weighted by Gasteiger charge is 2.52. The Kier molecular flexibility index (Phi) is 7.27. The van der Waals surface area contributed by atoms with Gasteiger partial charge in [0.15, 0.2) is 17.5 Å². The normalized spacial score (nSPS) is 14.6. The molecular weight excluding hydrogens is 731 g/mol. The molecule has 0 amide bonds. The molecule has 0 aliphatic heterocycles. The monoisotopic (exact) mass is 765 g/mol. The van der Waals surface area contributed by atoms with Crippen LogP contribution in [0.2, 0.25) is 0 Å². The predicted octanol–water partition coefficient (Wildman–Crippen LogP) is 12.8. The first-order valence-corrected chi connectivity index (χ1v) is 20.3. The topological polar surface area (TPSA) is 67.4 Å². The van der Waals surface area contributed by atoms with Gasteiger partial charge in [-0.2, -0.15) is 5.26 Å². The number of para-hydroxylation sites is 1. The zero-order valence-electron chi connectivity index (χ0n) is 33.0. The molecule has 0 saturated heterocycles. The van der Waals surface area contributed by atoms with Crippen molar-refractivity contribution >= 4 is 21.8 Å². The minimum Gasteiger partial charge on any atom is -0.308 e. The van der Waals surface area contributed by atoms with Crippen molar-refractivity contribution in [2.75, 3.05) is 0 Å². The Labute approximate surface area is 347 Å². The van der Waals surface area contributed by atoms with E-state index in [1.807, 2.05) is 78.9 Å². The lowest BCUT2D eigenvalue weighted by Gasteiger charge is -2.30. The molecule has 2 heterocycles. The number of benzene rings is 8. The Balaban J connectivity index is 1.10. The molecule has 0 N–H and O–H groups in total. The second kappa shape index (κ2) is 12.8. The standard InChI is InChI=1S/C55H35N5/c1-33-21-24-46-41(27-33)39-17-9-11-19-45(39)55(46)47-25-22-34(2)28-42(47)43-31-51-44(30-48(43)55)40-18-10-12-20-50(40)60(51)49-26-23-37(29-38(49)32-56)54-58-52(35-13-5-3-6-14-35)57-53(59-54)36-15-7-4-8-16-36/h3-31H,1-2H3. The molecular formula is C55H35N5. The molecule has 5 heteroatoms. The highest BCUT2D eigenvalue weighted by Crippen LogP contribution is 2.63. The zero-order chi connectivity index (χ0) is 40.1. The molecule has 10 aromatic rings. The molecule has 1 spiro atoms. The molecule has 0 saturated carbocycles. The molecule has 0 fully saturated rings. The van der Waals surface area contributed by atoms with Crippen molar-refractivity contribution in [2.45, 2.75) is 19.3 Å². The maximum Gasteiger partial charge on any atom is 0.164 e. The van der Waals surface area contributed by atoms with Crippen LogP contribution in [0.15, 0.2) is 176 Å². The van der Waals surface area contributed by atoms with E-state index in [4.69, 9.17) is 15.0 Å². The average Bonchev–Trinajstić information content (AvgIpc) is 3.88. The Bertz CT molecular complexity index is 3410. The molecule has 1 unspecified atom stereocenters. The molecule has 1 atom stereocenters. The van der Waals surface area contributed by atoms with E-state index < -0.39 is 5.41 Å². The summed E-state index contributed by atoms with van der Waals surface area (Å²) in [4.78, 5) is 14.8. The Morgan fingerprint density at radius 1 is 0.433 bits per heavy atom. The second-order valence-electron chi connectivity index (χ2n) is 16.0. The van der Waals surface area contributed by atoms with Crippen LogP contribution >= 0.6 is 0 Å². The van der Waals surface area contributed by atoms with E-state index in [9.17, 15) is 5.26 Å². The first-order valence-electron chi connectivity index (χ1n) is 20.3. The van der Waals surface area contributed by atoms with E-state index in [1.165, 1.54) is 55.6 Å². The first kappa shape index (κ1) is 34.1. The lowest BCUT2D eigenvalue weighted by Crippen LogP contribution is -2.25. The van der Waals surface area contributed by atoms with Crippen molar-refractivity contribution in [3.63, 3.8) is 0 Å². The predicted molar refractivity (Wildman–Crippen MR) is 241 cm³/mol. The van der Waals surface area contributed by atoms with Gasteiger partial charge in [0.2, 0.25) is 0 Å². The lowest BCUT2D eigenvalue weighted by atomic mass is 9.70. The lowest BCUT2D eigenvalue weighted by molar-refractivity contribution is 0.794. The van der Waals surface area contributed by atoms with E-state index in [-0.39, 0.29) is 0 Å². The van der Waals surface area contributed by atoms with E-state index in [1.54, 1.807) is 0 Å². The summed E-state index contributed by atoms with van der Waals surface area (Å²) in [5.41, 5.74) is 18.3. The number of fused-ring (bicyclic) bond motifs is 13. The van der Waals surface area contributed by atoms with Crippen molar-refractivity contribution in [3.05, 3.63) is 215 Å². The van der Waals surface area contributed by atoms with Gasteiger partial charge >= 0.3 is 0 Å². The van der Waals surface area contributed by atoms with Crippen molar-refractivity contribution in [3.8, 4) is 68.2 Å². The molecule has 12 rings (SSSR count). The van der Waals surface area contributed by atoms with Crippen LogP contribution in [0.1, 0.15) is 38.9 Å². The average molecular weight is 766 g/mol. The van der Waals surface area contributed by atoms with E-state index in [2.05, 4.69) is 122 Å². The third-order valence-electron chi connectivity index (χ3n) is 12.6. The number of rotatable bonds is 4. The van der Waals surface area contributed by atoms with Crippen LogP contribution in [0.3, 0.4) is 0 Å². The SMILES string of the molecule is Cc1ccc2c(c1)-c1ccccc1C21c2ccc(C)cc2-c2cc3c(cc21)c1ccccc1n3-c1ccc(-c2nc(-c3ccccc3)nc(-c3ccccc3)n2)cc1C#N. The Morgan fingerprint density at radius 2 is 0.983 bits per heavy atom. The van der Waals surface area contributed by atoms with Crippen LogP contribution in [-0.2, 0) is 5.41 Å². The largest absolute Gasteiger partial charge is 0.308 e. The maximum absolute atomic E-state index is 10.9. The van der Waals surface area contributed by atoms with Crippen molar-refractivity contribution < 1.29 is 0 Å². The summed E-state index contributed by atoms with van der Waals surface area (Å²) >= 11 is 0. The molecule has 5 nitrogen and oxygen atoms in total. The first-order chi connectivity index (χ1) is 29.5. The second-order valence-corrected chi connectivity index (χ2v) is 16.0. The van der Waals surface area contributed by atoms with Gasteiger partial charge in [0.1, 0.15) is 6.07 Å². The number of hydrogen-bond acceptors (Lipinski definition) is 4. The van der Waals surface area contributed by atoms with Gasteiger partial charge in [-0.05, 0) is 94.8 Å². The van der Waals surface area contributed by atoms with Crippen molar-refractivity contribution in [2.24, 2.45) is 0 Å². The molecule has 280 valence electrons. The molecule has 2 aliphatic rings. The van der Waals surface area contributed by atoms with E-state index in [0.717, 1.165) is 44.2 Å². The van der Waals surface area contributed by atoms with Crippen LogP contribution in [0, 0.1) is 25.2 Å². The number of hydrogen-bond donors (Lipinski definition) is 0. The molecule has 0 bridgehead atoms.